The second kappa shape index (κ2) is 4.64. The van der Waals surface area contributed by atoms with Crippen molar-refractivity contribution in [3.8, 4) is 11.8 Å². The molecule has 1 atom stereocenters. The van der Waals surface area contributed by atoms with Crippen LogP contribution in [0, 0.1) is 11.8 Å². The van der Waals surface area contributed by atoms with Crippen LogP contribution in [0.3, 0.4) is 0 Å². The summed E-state index contributed by atoms with van der Waals surface area (Å²) in [6.45, 7) is 1.75. The number of hydrogen-bond donors (Lipinski definition) is 1. The molecule has 0 amide bonds. The lowest BCUT2D eigenvalue weighted by molar-refractivity contribution is -0.101. The van der Waals surface area contributed by atoms with Crippen molar-refractivity contribution in [2.75, 3.05) is 7.11 Å². The highest BCUT2D eigenvalue weighted by molar-refractivity contribution is 5.11. The summed E-state index contributed by atoms with van der Waals surface area (Å²) in [6.07, 6.45) is 4.76. The summed E-state index contributed by atoms with van der Waals surface area (Å²) < 4.78 is 5.44. The Labute approximate surface area is 80.3 Å². The second-order valence-electron chi connectivity index (χ2n) is 3.63. The van der Waals surface area contributed by atoms with Gasteiger partial charge in [-0.25, -0.2) is 0 Å². The predicted molar refractivity (Wildman–Crippen MR) is 52.3 cm³/mol. The predicted octanol–water partition coefficient (Wildman–Crippen LogP) is 1.72. The van der Waals surface area contributed by atoms with Gasteiger partial charge in [0.15, 0.2) is 0 Å². The van der Waals surface area contributed by atoms with Crippen molar-refractivity contribution in [2.45, 2.75) is 50.7 Å². The molecule has 1 fully saturated rings. The quantitative estimate of drug-likeness (QED) is 0.659. The number of hydrogen-bond acceptors (Lipinski definition) is 2. The van der Waals surface area contributed by atoms with Crippen molar-refractivity contribution in [1.82, 2.24) is 0 Å². The lowest BCUT2D eigenvalue weighted by atomic mass is 9.80. The normalized spacial score (nSPS) is 23.0. The fraction of sp³-hybridized carbons (Fsp3) is 0.818. The van der Waals surface area contributed by atoms with Crippen molar-refractivity contribution >= 4 is 0 Å². The van der Waals surface area contributed by atoms with E-state index >= 15 is 0 Å². The van der Waals surface area contributed by atoms with E-state index in [1.807, 2.05) is 0 Å². The van der Waals surface area contributed by atoms with Crippen LogP contribution in [0.15, 0.2) is 0 Å². The van der Waals surface area contributed by atoms with E-state index in [9.17, 15) is 5.11 Å². The third-order valence-electron chi connectivity index (χ3n) is 2.89. The third-order valence-corrected chi connectivity index (χ3v) is 2.89. The molecule has 2 heteroatoms. The SMILES string of the molecule is CC#CC(O)C1(OC)CCCCC1. The first-order valence-electron chi connectivity index (χ1n) is 4.91. The molecule has 0 bridgehead atoms. The maximum absolute atomic E-state index is 9.83. The van der Waals surface area contributed by atoms with Crippen LogP contribution in [0.1, 0.15) is 39.0 Å². The van der Waals surface area contributed by atoms with Gasteiger partial charge < -0.3 is 9.84 Å². The average Bonchev–Trinajstić information content (AvgIpc) is 2.19. The fourth-order valence-corrected chi connectivity index (χ4v) is 2.01. The van der Waals surface area contributed by atoms with Crippen LogP contribution in [0.4, 0.5) is 0 Å². The highest BCUT2D eigenvalue weighted by Gasteiger charge is 2.38. The van der Waals surface area contributed by atoms with Crippen LogP contribution in [0.2, 0.25) is 0 Å². The molecule has 74 valence electrons. The molecule has 1 saturated carbocycles. The average molecular weight is 182 g/mol. The van der Waals surface area contributed by atoms with E-state index < -0.39 is 6.10 Å². The van der Waals surface area contributed by atoms with Crippen molar-refractivity contribution in [1.29, 1.82) is 0 Å². The molecule has 1 N–H and O–H groups in total. The number of aliphatic hydroxyl groups excluding tert-OH is 1. The lowest BCUT2D eigenvalue weighted by Crippen LogP contribution is -2.45. The molecule has 1 aliphatic carbocycles. The molecule has 0 aliphatic heterocycles. The zero-order valence-corrected chi connectivity index (χ0v) is 8.47. The monoisotopic (exact) mass is 182 g/mol. The molecule has 0 aromatic heterocycles. The molecule has 0 heterocycles. The van der Waals surface area contributed by atoms with Crippen LogP contribution in [-0.2, 0) is 4.74 Å². The van der Waals surface area contributed by atoms with Crippen LogP contribution < -0.4 is 0 Å². The van der Waals surface area contributed by atoms with Crippen molar-refractivity contribution in [3.63, 3.8) is 0 Å². The van der Waals surface area contributed by atoms with Crippen molar-refractivity contribution in [2.24, 2.45) is 0 Å². The molecule has 0 radical (unpaired) electrons. The van der Waals surface area contributed by atoms with E-state index in [-0.39, 0.29) is 5.60 Å². The Bertz CT molecular complexity index is 206. The van der Waals surface area contributed by atoms with Gasteiger partial charge in [-0.15, -0.1) is 5.92 Å². The Kier molecular flexibility index (Phi) is 3.77. The summed E-state index contributed by atoms with van der Waals surface area (Å²) in [6, 6.07) is 0. The summed E-state index contributed by atoms with van der Waals surface area (Å²) in [7, 11) is 1.67. The molecule has 0 aromatic rings. The van der Waals surface area contributed by atoms with Gasteiger partial charge in [0.05, 0.1) is 0 Å². The Morgan fingerprint density at radius 2 is 1.92 bits per heavy atom. The first-order chi connectivity index (χ1) is 6.25. The Balaban J connectivity index is 2.70. The maximum atomic E-state index is 9.83. The largest absolute Gasteiger partial charge is 0.377 e. The van der Waals surface area contributed by atoms with Crippen LogP contribution >= 0.6 is 0 Å². The minimum atomic E-state index is -0.622. The van der Waals surface area contributed by atoms with E-state index in [1.54, 1.807) is 14.0 Å². The Morgan fingerprint density at radius 3 is 2.38 bits per heavy atom. The summed E-state index contributed by atoms with van der Waals surface area (Å²) in [4.78, 5) is 0. The summed E-state index contributed by atoms with van der Waals surface area (Å²) >= 11 is 0. The van der Waals surface area contributed by atoms with Crippen LogP contribution in [0.5, 0.6) is 0 Å². The van der Waals surface area contributed by atoms with Gasteiger partial charge in [-0.1, -0.05) is 25.2 Å². The Morgan fingerprint density at radius 1 is 1.31 bits per heavy atom. The highest BCUT2D eigenvalue weighted by atomic mass is 16.5. The molecule has 1 aliphatic rings. The minimum absolute atomic E-state index is 0.388. The smallest absolute Gasteiger partial charge is 0.143 e. The van der Waals surface area contributed by atoms with E-state index in [4.69, 9.17) is 4.74 Å². The second-order valence-corrected chi connectivity index (χ2v) is 3.63. The first kappa shape index (κ1) is 10.6. The van der Waals surface area contributed by atoms with Gasteiger partial charge in [-0.2, -0.15) is 0 Å². The minimum Gasteiger partial charge on any atom is -0.377 e. The standard InChI is InChI=1S/C11H18O2/c1-3-7-10(12)11(13-2)8-5-4-6-9-11/h10,12H,4-6,8-9H2,1-2H3. The fourth-order valence-electron chi connectivity index (χ4n) is 2.01. The van der Waals surface area contributed by atoms with Gasteiger partial charge in [-0.3, -0.25) is 0 Å². The van der Waals surface area contributed by atoms with Gasteiger partial charge >= 0.3 is 0 Å². The molecular weight excluding hydrogens is 164 g/mol. The van der Waals surface area contributed by atoms with E-state index in [0.29, 0.717) is 0 Å². The highest BCUT2D eigenvalue weighted by Crippen LogP contribution is 2.33. The van der Waals surface area contributed by atoms with Gasteiger partial charge in [0.25, 0.3) is 0 Å². The molecule has 2 nitrogen and oxygen atoms in total. The summed E-state index contributed by atoms with van der Waals surface area (Å²) in [5.74, 6) is 5.53. The zero-order chi connectivity index (χ0) is 9.73. The molecule has 1 unspecified atom stereocenters. The molecule has 1 rings (SSSR count). The zero-order valence-electron chi connectivity index (χ0n) is 8.47. The number of aliphatic hydroxyl groups is 1. The molecule has 0 aromatic carbocycles. The van der Waals surface area contributed by atoms with Gasteiger partial charge in [0, 0.05) is 7.11 Å². The third kappa shape index (κ3) is 2.24. The van der Waals surface area contributed by atoms with E-state index in [0.717, 1.165) is 25.7 Å². The van der Waals surface area contributed by atoms with Gasteiger partial charge in [0.2, 0.25) is 0 Å². The van der Waals surface area contributed by atoms with Crippen LogP contribution in [-0.4, -0.2) is 23.9 Å². The Hall–Kier alpha value is -0.520. The van der Waals surface area contributed by atoms with Crippen molar-refractivity contribution in [3.05, 3.63) is 0 Å². The van der Waals surface area contributed by atoms with Crippen LogP contribution in [0.25, 0.3) is 0 Å². The lowest BCUT2D eigenvalue weighted by Gasteiger charge is -2.37. The summed E-state index contributed by atoms with van der Waals surface area (Å²) in [5.41, 5.74) is -0.388. The molecule has 0 saturated heterocycles. The maximum Gasteiger partial charge on any atom is 0.143 e. The van der Waals surface area contributed by atoms with Gasteiger partial charge in [0.1, 0.15) is 11.7 Å². The molecular formula is C11H18O2. The van der Waals surface area contributed by atoms with E-state index in [2.05, 4.69) is 11.8 Å². The molecule has 0 spiro atoms. The topological polar surface area (TPSA) is 29.5 Å². The first-order valence-corrected chi connectivity index (χ1v) is 4.91. The number of rotatable bonds is 2. The molecule has 13 heavy (non-hydrogen) atoms. The van der Waals surface area contributed by atoms with Gasteiger partial charge in [-0.05, 0) is 19.8 Å². The van der Waals surface area contributed by atoms with Crippen molar-refractivity contribution < 1.29 is 9.84 Å². The number of methoxy groups -OCH3 is 1. The van der Waals surface area contributed by atoms with E-state index in [1.165, 1.54) is 6.42 Å². The number of ether oxygens (including phenoxy) is 1. The summed E-state index contributed by atoms with van der Waals surface area (Å²) in [5, 5.41) is 9.83.